The SMILES string of the molecule is COC(=O)CCC(=O)c1ccc(CCNS(=O)(=O)c2ccc([N+](=O)[O-])cc2)n1C. The van der Waals surface area contributed by atoms with Gasteiger partial charge in [0.25, 0.3) is 5.69 Å². The van der Waals surface area contributed by atoms with Crippen LogP contribution in [0.2, 0.25) is 0 Å². The maximum Gasteiger partial charge on any atom is 0.305 e. The molecule has 1 aromatic heterocycles. The topological polar surface area (TPSA) is 138 Å². The molecule has 0 bridgehead atoms. The number of carbonyl (C=O) groups excluding carboxylic acids is 2. The van der Waals surface area contributed by atoms with Crippen LogP contribution >= 0.6 is 0 Å². The summed E-state index contributed by atoms with van der Waals surface area (Å²) in [4.78, 5) is 33.3. The van der Waals surface area contributed by atoms with E-state index in [1.54, 1.807) is 23.7 Å². The van der Waals surface area contributed by atoms with Crippen LogP contribution in [0.5, 0.6) is 0 Å². The highest BCUT2D eigenvalue weighted by Gasteiger charge is 2.17. The highest BCUT2D eigenvalue weighted by Crippen LogP contribution is 2.16. The van der Waals surface area contributed by atoms with Crippen molar-refractivity contribution in [3.63, 3.8) is 0 Å². The number of rotatable bonds is 10. The van der Waals surface area contributed by atoms with Crippen molar-refractivity contribution in [3.8, 4) is 0 Å². The maximum atomic E-state index is 12.3. The summed E-state index contributed by atoms with van der Waals surface area (Å²) >= 11 is 0. The van der Waals surface area contributed by atoms with Crippen LogP contribution in [0.15, 0.2) is 41.3 Å². The van der Waals surface area contributed by atoms with Gasteiger partial charge in [0.1, 0.15) is 0 Å². The minimum atomic E-state index is -3.82. The van der Waals surface area contributed by atoms with E-state index in [2.05, 4.69) is 9.46 Å². The maximum absolute atomic E-state index is 12.3. The van der Waals surface area contributed by atoms with Gasteiger partial charge in [-0.05, 0) is 24.3 Å². The van der Waals surface area contributed by atoms with Gasteiger partial charge in [-0.3, -0.25) is 19.7 Å². The third-order valence-electron chi connectivity index (χ3n) is 4.33. The normalized spacial score (nSPS) is 11.2. The Kier molecular flexibility index (Phi) is 7.23. The number of sulfonamides is 1. The number of non-ortho nitro benzene ring substituents is 1. The molecule has 0 saturated heterocycles. The molecule has 156 valence electrons. The van der Waals surface area contributed by atoms with Gasteiger partial charge in [0.05, 0.1) is 29.0 Å². The Labute approximate surface area is 167 Å². The fraction of sp³-hybridized carbons (Fsp3) is 0.333. The number of nitrogens with one attached hydrogen (secondary N) is 1. The lowest BCUT2D eigenvalue weighted by molar-refractivity contribution is -0.384. The largest absolute Gasteiger partial charge is 0.469 e. The first-order valence-corrected chi connectivity index (χ1v) is 10.1. The molecule has 2 rings (SSSR count). The molecule has 29 heavy (non-hydrogen) atoms. The molecule has 0 amide bonds. The molecule has 0 radical (unpaired) electrons. The number of nitrogens with zero attached hydrogens (tertiary/aromatic N) is 2. The average Bonchev–Trinajstić information content (AvgIpc) is 3.06. The summed E-state index contributed by atoms with van der Waals surface area (Å²) in [6.45, 7) is 0.0764. The van der Waals surface area contributed by atoms with Gasteiger partial charge in [0.2, 0.25) is 10.0 Å². The van der Waals surface area contributed by atoms with Crippen LogP contribution in [0.1, 0.15) is 29.0 Å². The first-order chi connectivity index (χ1) is 13.7. The van der Waals surface area contributed by atoms with E-state index in [-0.39, 0.29) is 35.8 Å². The Morgan fingerprint density at radius 2 is 1.79 bits per heavy atom. The number of hydrogen-bond donors (Lipinski definition) is 1. The van der Waals surface area contributed by atoms with Gasteiger partial charge in [-0.2, -0.15) is 0 Å². The number of Topliss-reactive ketones (excluding diaryl/α,β-unsaturated/α-hetero) is 1. The van der Waals surface area contributed by atoms with Crippen molar-refractivity contribution in [1.82, 2.24) is 9.29 Å². The van der Waals surface area contributed by atoms with Gasteiger partial charge in [-0.1, -0.05) is 0 Å². The Morgan fingerprint density at radius 1 is 1.14 bits per heavy atom. The number of nitro benzene ring substituents is 1. The molecule has 0 atom stereocenters. The van der Waals surface area contributed by atoms with Gasteiger partial charge in [-0.15, -0.1) is 0 Å². The van der Waals surface area contributed by atoms with Gasteiger partial charge in [0.15, 0.2) is 5.78 Å². The second kappa shape index (κ2) is 9.43. The zero-order valence-corrected chi connectivity index (χ0v) is 16.8. The molecule has 0 aliphatic carbocycles. The Morgan fingerprint density at radius 3 is 2.38 bits per heavy atom. The van der Waals surface area contributed by atoms with E-state index >= 15 is 0 Å². The van der Waals surface area contributed by atoms with E-state index in [1.165, 1.54) is 19.2 Å². The van der Waals surface area contributed by atoms with Crippen LogP contribution in [0.3, 0.4) is 0 Å². The third kappa shape index (κ3) is 5.72. The number of ketones is 1. The lowest BCUT2D eigenvalue weighted by Gasteiger charge is -2.09. The number of nitro groups is 1. The number of benzene rings is 1. The molecular weight excluding hydrogens is 402 g/mol. The fourth-order valence-electron chi connectivity index (χ4n) is 2.67. The number of hydrogen-bond acceptors (Lipinski definition) is 7. The molecule has 0 spiro atoms. The van der Waals surface area contributed by atoms with Gasteiger partial charge in [0, 0.05) is 44.3 Å². The molecule has 1 aromatic carbocycles. The summed E-state index contributed by atoms with van der Waals surface area (Å²) in [5.41, 5.74) is 0.956. The van der Waals surface area contributed by atoms with E-state index < -0.39 is 20.9 Å². The second-order valence-corrected chi connectivity index (χ2v) is 7.93. The van der Waals surface area contributed by atoms with Crippen LogP contribution in [0, 0.1) is 10.1 Å². The standard InChI is InChI=1S/C18H21N3O7S/c1-20-13(5-8-16(20)17(22)9-10-18(23)28-2)11-12-19-29(26,27)15-6-3-14(4-7-15)21(24)25/h3-8,19H,9-12H2,1-2H3. The number of esters is 1. The predicted octanol–water partition coefficient (Wildman–Crippen LogP) is 1.59. The van der Waals surface area contributed by atoms with E-state index in [9.17, 15) is 28.1 Å². The van der Waals surface area contributed by atoms with Crippen molar-refractivity contribution < 1.29 is 27.7 Å². The lowest BCUT2D eigenvalue weighted by atomic mass is 10.2. The number of aromatic nitrogens is 1. The number of methoxy groups -OCH3 is 1. The van der Waals surface area contributed by atoms with Crippen molar-refractivity contribution in [2.24, 2.45) is 7.05 Å². The van der Waals surface area contributed by atoms with Crippen molar-refractivity contribution in [2.75, 3.05) is 13.7 Å². The molecular formula is C18H21N3O7S. The van der Waals surface area contributed by atoms with E-state index in [0.29, 0.717) is 12.1 Å². The lowest BCUT2D eigenvalue weighted by Crippen LogP contribution is -2.26. The Hall–Kier alpha value is -3.05. The van der Waals surface area contributed by atoms with E-state index in [0.717, 1.165) is 17.8 Å². The van der Waals surface area contributed by atoms with Gasteiger partial charge < -0.3 is 9.30 Å². The summed E-state index contributed by atoms with van der Waals surface area (Å²) in [5.74, 6) is -0.677. The molecule has 1 N–H and O–H groups in total. The van der Waals surface area contributed by atoms with Crippen LogP contribution < -0.4 is 4.72 Å². The van der Waals surface area contributed by atoms with Crippen molar-refractivity contribution in [2.45, 2.75) is 24.2 Å². The molecule has 11 heteroatoms. The van der Waals surface area contributed by atoms with Crippen LogP contribution in [-0.4, -0.2) is 43.3 Å². The quantitative estimate of drug-likeness (QED) is 0.265. The summed E-state index contributed by atoms with van der Waals surface area (Å²) in [6, 6.07) is 7.92. The summed E-state index contributed by atoms with van der Waals surface area (Å²) in [7, 11) is -0.875. The van der Waals surface area contributed by atoms with Crippen LogP contribution in [0.25, 0.3) is 0 Å². The van der Waals surface area contributed by atoms with E-state index in [1.807, 2.05) is 0 Å². The minimum absolute atomic E-state index is 0.00904. The fourth-order valence-corrected chi connectivity index (χ4v) is 3.71. The number of ether oxygens (including phenoxy) is 1. The van der Waals surface area contributed by atoms with Crippen LogP contribution in [0.4, 0.5) is 5.69 Å². The summed E-state index contributed by atoms with van der Waals surface area (Å²) < 4.78 is 33.2. The van der Waals surface area contributed by atoms with Gasteiger partial charge in [-0.25, -0.2) is 13.1 Å². The van der Waals surface area contributed by atoms with Gasteiger partial charge >= 0.3 is 5.97 Å². The minimum Gasteiger partial charge on any atom is -0.469 e. The first-order valence-electron chi connectivity index (χ1n) is 8.64. The number of carbonyl (C=O) groups is 2. The Balaban J connectivity index is 1.96. The molecule has 0 aliphatic rings. The summed E-state index contributed by atoms with van der Waals surface area (Å²) in [6.07, 6.45) is 0.342. The molecule has 0 saturated carbocycles. The average molecular weight is 423 g/mol. The third-order valence-corrected chi connectivity index (χ3v) is 5.80. The molecule has 0 aliphatic heterocycles. The van der Waals surface area contributed by atoms with E-state index in [4.69, 9.17) is 0 Å². The van der Waals surface area contributed by atoms with Crippen LogP contribution in [-0.2, 0) is 33.0 Å². The van der Waals surface area contributed by atoms with Crippen molar-refractivity contribution in [3.05, 3.63) is 57.9 Å². The molecule has 0 fully saturated rings. The zero-order valence-electron chi connectivity index (χ0n) is 16.0. The summed E-state index contributed by atoms with van der Waals surface area (Å²) in [5, 5.41) is 10.7. The molecule has 2 aromatic rings. The highest BCUT2D eigenvalue weighted by molar-refractivity contribution is 7.89. The highest BCUT2D eigenvalue weighted by atomic mass is 32.2. The molecule has 0 unspecified atom stereocenters. The first kappa shape index (κ1) is 22.2. The smallest absolute Gasteiger partial charge is 0.305 e. The molecule has 10 nitrogen and oxygen atoms in total. The zero-order chi connectivity index (χ0) is 21.6. The Bertz CT molecular complexity index is 1010. The molecule has 1 heterocycles. The monoisotopic (exact) mass is 423 g/mol. The predicted molar refractivity (Wildman–Crippen MR) is 103 cm³/mol. The van der Waals surface area contributed by atoms with Crippen molar-refractivity contribution >= 4 is 27.5 Å². The van der Waals surface area contributed by atoms with Crippen molar-refractivity contribution in [1.29, 1.82) is 0 Å². The second-order valence-electron chi connectivity index (χ2n) is 6.17.